The lowest BCUT2D eigenvalue weighted by Crippen LogP contribution is -2.45. The molecule has 2 aliphatic carbocycles. The van der Waals surface area contributed by atoms with Crippen LogP contribution in [-0.4, -0.2) is 12.1 Å². The molecule has 0 bridgehead atoms. The summed E-state index contributed by atoms with van der Waals surface area (Å²) in [4.78, 5) is 0. The van der Waals surface area contributed by atoms with E-state index in [2.05, 4.69) is 26.1 Å². The quantitative estimate of drug-likeness (QED) is 0.712. The monoisotopic (exact) mass is 195 g/mol. The molecule has 0 amide bonds. The Bertz CT molecular complexity index is 188. The smallest absolute Gasteiger partial charge is 0.00966 e. The third kappa shape index (κ3) is 2.31. The minimum absolute atomic E-state index is 0.304. The van der Waals surface area contributed by atoms with Gasteiger partial charge in [-0.3, -0.25) is 0 Å². The molecule has 14 heavy (non-hydrogen) atoms. The van der Waals surface area contributed by atoms with Gasteiger partial charge in [-0.15, -0.1) is 0 Å². The molecule has 0 heterocycles. The fraction of sp³-hybridized carbons (Fsp3) is 1.00. The molecular weight excluding hydrogens is 170 g/mol. The molecule has 0 aromatic carbocycles. The van der Waals surface area contributed by atoms with Crippen molar-refractivity contribution in [2.24, 2.45) is 11.3 Å². The van der Waals surface area contributed by atoms with Gasteiger partial charge in [0.15, 0.2) is 0 Å². The molecule has 1 heteroatoms. The molecule has 0 aromatic heterocycles. The third-order valence-electron chi connectivity index (χ3n) is 4.03. The summed E-state index contributed by atoms with van der Waals surface area (Å²) in [5, 5.41) is 3.63. The molecule has 2 rings (SSSR count). The highest BCUT2D eigenvalue weighted by molar-refractivity contribution is 4.97. The Balaban J connectivity index is 1.68. The minimum atomic E-state index is 0.304. The second-order valence-electron chi connectivity index (χ2n) is 6.61. The summed E-state index contributed by atoms with van der Waals surface area (Å²) in [6.45, 7) is 8.02. The summed E-state index contributed by atoms with van der Waals surface area (Å²) in [5.41, 5.74) is 1.13. The van der Waals surface area contributed by atoms with E-state index in [0.29, 0.717) is 5.54 Å². The van der Waals surface area contributed by atoms with Crippen molar-refractivity contribution >= 4 is 0 Å². The first kappa shape index (κ1) is 10.5. The van der Waals surface area contributed by atoms with E-state index in [9.17, 15) is 0 Å². The Hall–Kier alpha value is -0.0400. The van der Waals surface area contributed by atoms with E-state index >= 15 is 0 Å². The van der Waals surface area contributed by atoms with Gasteiger partial charge < -0.3 is 5.32 Å². The molecule has 0 radical (unpaired) electrons. The summed E-state index contributed by atoms with van der Waals surface area (Å²) in [6.07, 6.45) is 9.07. The normalized spacial score (nSPS) is 26.8. The van der Waals surface area contributed by atoms with Crippen LogP contribution in [0.3, 0.4) is 0 Å². The topological polar surface area (TPSA) is 12.0 Å². The minimum Gasteiger partial charge on any atom is -0.312 e. The van der Waals surface area contributed by atoms with Gasteiger partial charge in [0.25, 0.3) is 0 Å². The van der Waals surface area contributed by atoms with Crippen molar-refractivity contribution in [1.29, 1.82) is 0 Å². The van der Waals surface area contributed by atoms with Gasteiger partial charge in [-0.05, 0) is 64.3 Å². The Labute approximate surface area is 88.7 Å². The molecule has 2 aliphatic rings. The van der Waals surface area contributed by atoms with Crippen LogP contribution in [-0.2, 0) is 0 Å². The van der Waals surface area contributed by atoms with Crippen LogP contribution >= 0.6 is 0 Å². The van der Waals surface area contributed by atoms with Crippen molar-refractivity contribution in [3.63, 3.8) is 0 Å². The fourth-order valence-electron chi connectivity index (χ4n) is 3.29. The zero-order valence-corrected chi connectivity index (χ0v) is 10.0. The molecular formula is C13H25N. The van der Waals surface area contributed by atoms with Gasteiger partial charge in [0, 0.05) is 5.54 Å². The van der Waals surface area contributed by atoms with Crippen molar-refractivity contribution < 1.29 is 0 Å². The van der Waals surface area contributed by atoms with E-state index in [1.54, 1.807) is 0 Å². The second-order valence-corrected chi connectivity index (χ2v) is 6.61. The van der Waals surface area contributed by atoms with E-state index in [0.717, 1.165) is 11.3 Å². The van der Waals surface area contributed by atoms with Crippen molar-refractivity contribution in [2.45, 2.75) is 64.8 Å². The maximum Gasteiger partial charge on any atom is 0.00966 e. The van der Waals surface area contributed by atoms with Crippen molar-refractivity contribution in [3.8, 4) is 0 Å². The molecule has 82 valence electrons. The van der Waals surface area contributed by atoms with E-state index in [1.807, 2.05) is 0 Å². The van der Waals surface area contributed by atoms with E-state index in [1.165, 1.54) is 45.1 Å². The van der Waals surface area contributed by atoms with E-state index in [-0.39, 0.29) is 0 Å². The lowest BCUT2D eigenvalue weighted by atomic mass is 9.61. The summed E-state index contributed by atoms with van der Waals surface area (Å²) in [7, 11) is 0. The van der Waals surface area contributed by atoms with Gasteiger partial charge in [0.2, 0.25) is 0 Å². The maximum absolute atomic E-state index is 3.63. The van der Waals surface area contributed by atoms with Crippen molar-refractivity contribution in [2.75, 3.05) is 6.54 Å². The summed E-state index contributed by atoms with van der Waals surface area (Å²) >= 11 is 0. The summed E-state index contributed by atoms with van der Waals surface area (Å²) in [5.74, 6) is 0.979. The van der Waals surface area contributed by atoms with Crippen LogP contribution < -0.4 is 5.32 Å². The van der Waals surface area contributed by atoms with Crippen molar-refractivity contribution in [3.05, 3.63) is 0 Å². The molecule has 0 atom stereocenters. The highest BCUT2D eigenvalue weighted by atomic mass is 14.9. The average molecular weight is 195 g/mol. The second kappa shape index (κ2) is 3.52. The third-order valence-corrected chi connectivity index (χ3v) is 4.03. The maximum atomic E-state index is 3.63. The molecule has 0 aliphatic heterocycles. The molecule has 2 fully saturated rings. The lowest BCUT2D eigenvalue weighted by Gasteiger charge is -2.46. The van der Waals surface area contributed by atoms with Crippen LogP contribution in [0.15, 0.2) is 0 Å². The fourth-order valence-corrected chi connectivity index (χ4v) is 3.29. The Morgan fingerprint density at radius 2 is 1.71 bits per heavy atom. The van der Waals surface area contributed by atoms with Gasteiger partial charge >= 0.3 is 0 Å². The summed E-state index contributed by atoms with van der Waals surface area (Å²) < 4.78 is 0. The molecule has 1 N–H and O–H groups in total. The number of hydrogen-bond acceptors (Lipinski definition) is 1. The zero-order valence-electron chi connectivity index (χ0n) is 10.0. The molecule has 0 saturated heterocycles. The highest BCUT2D eigenvalue weighted by Crippen LogP contribution is 2.55. The Morgan fingerprint density at radius 1 is 1.14 bits per heavy atom. The van der Waals surface area contributed by atoms with Gasteiger partial charge in [-0.2, -0.15) is 0 Å². The van der Waals surface area contributed by atoms with Crippen LogP contribution in [0.1, 0.15) is 59.3 Å². The van der Waals surface area contributed by atoms with Gasteiger partial charge in [0.1, 0.15) is 0 Å². The first-order chi connectivity index (χ1) is 6.49. The van der Waals surface area contributed by atoms with Gasteiger partial charge in [0.05, 0.1) is 0 Å². The standard InChI is InChI=1S/C13H25N/c1-12(2,3)14-10-11-8-13(9-11)6-4-5-7-13/h11,14H,4-10H2,1-3H3. The largest absolute Gasteiger partial charge is 0.312 e. The number of nitrogens with one attached hydrogen (secondary N) is 1. The number of rotatable bonds is 2. The van der Waals surface area contributed by atoms with Crippen LogP contribution in [0.4, 0.5) is 0 Å². The van der Waals surface area contributed by atoms with Crippen LogP contribution in [0.25, 0.3) is 0 Å². The van der Waals surface area contributed by atoms with Gasteiger partial charge in [-0.1, -0.05) is 12.8 Å². The van der Waals surface area contributed by atoms with Gasteiger partial charge in [-0.25, -0.2) is 0 Å². The highest BCUT2D eigenvalue weighted by Gasteiger charge is 2.45. The van der Waals surface area contributed by atoms with E-state index < -0.39 is 0 Å². The van der Waals surface area contributed by atoms with E-state index in [4.69, 9.17) is 0 Å². The lowest BCUT2D eigenvalue weighted by molar-refractivity contribution is 0.0579. The SMILES string of the molecule is CC(C)(C)NCC1CC2(CCCC2)C1. The molecule has 1 spiro atoms. The predicted molar refractivity (Wildman–Crippen MR) is 61.4 cm³/mol. The van der Waals surface area contributed by atoms with Crippen LogP contribution in [0.5, 0.6) is 0 Å². The Morgan fingerprint density at radius 3 is 2.21 bits per heavy atom. The zero-order chi connectivity index (χ0) is 10.2. The van der Waals surface area contributed by atoms with Crippen molar-refractivity contribution in [1.82, 2.24) is 5.32 Å². The first-order valence-electron chi connectivity index (χ1n) is 6.24. The number of hydrogen-bond donors (Lipinski definition) is 1. The molecule has 1 nitrogen and oxygen atoms in total. The average Bonchev–Trinajstić information content (AvgIpc) is 2.44. The Kier molecular flexibility index (Phi) is 2.63. The molecule has 0 aromatic rings. The van der Waals surface area contributed by atoms with Crippen LogP contribution in [0.2, 0.25) is 0 Å². The first-order valence-corrected chi connectivity index (χ1v) is 6.24. The summed E-state index contributed by atoms with van der Waals surface area (Å²) in [6, 6.07) is 0. The molecule has 2 saturated carbocycles. The molecule has 0 unspecified atom stereocenters. The van der Waals surface area contributed by atoms with Crippen LogP contribution in [0, 0.1) is 11.3 Å². The predicted octanol–water partition coefficient (Wildman–Crippen LogP) is 3.34.